The van der Waals surface area contributed by atoms with E-state index in [4.69, 9.17) is 9.47 Å². The number of nitrogens with one attached hydrogen (secondary N) is 3. The lowest BCUT2D eigenvalue weighted by atomic mass is 10.1. The van der Waals surface area contributed by atoms with Crippen molar-refractivity contribution in [3.8, 4) is 5.75 Å². The van der Waals surface area contributed by atoms with Crippen LogP contribution in [0.25, 0.3) is 0 Å². The summed E-state index contributed by atoms with van der Waals surface area (Å²) in [5.74, 6) is 1.48. The van der Waals surface area contributed by atoms with E-state index in [1.165, 1.54) is 6.08 Å². The molecule has 1 amide bonds. The molecule has 1 aromatic heterocycles. The molecule has 3 N–H and O–H groups in total. The van der Waals surface area contributed by atoms with Gasteiger partial charge in [-0.25, -0.2) is 4.98 Å². The van der Waals surface area contributed by atoms with Gasteiger partial charge in [-0.2, -0.15) is 4.98 Å². The van der Waals surface area contributed by atoms with Gasteiger partial charge in [0.25, 0.3) is 0 Å². The topological polar surface area (TPSA) is 107 Å². The molecule has 2 aliphatic rings. The second-order valence-electron chi connectivity index (χ2n) is 8.46. The number of benzene rings is 1. The Morgan fingerprint density at radius 3 is 2.46 bits per heavy atom. The van der Waals surface area contributed by atoms with Crippen molar-refractivity contribution in [1.82, 2.24) is 14.9 Å². The van der Waals surface area contributed by atoms with Crippen LogP contribution in [0.2, 0.25) is 0 Å². The summed E-state index contributed by atoms with van der Waals surface area (Å²) in [6.45, 7) is 10.1. The second kappa shape index (κ2) is 11.2. The van der Waals surface area contributed by atoms with Gasteiger partial charge in [-0.05, 0) is 19.2 Å². The zero-order valence-corrected chi connectivity index (χ0v) is 20.6. The predicted octanol–water partition coefficient (Wildman–Crippen LogP) is 1.98. The Morgan fingerprint density at radius 1 is 1.09 bits per heavy atom. The number of aromatic nitrogens is 2. The number of piperazine rings is 1. The molecule has 2 fully saturated rings. The van der Waals surface area contributed by atoms with Gasteiger partial charge in [0.1, 0.15) is 5.75 Å². The van der Waals surface area contributed by atoms with Gasteiger partial charge < -0.3 is 40.1 Å². The number of methoxy groups -OCH3 is 1. The minimum Gasteiger partial charge on any atom is -0.494 e. The molecule has 0 atom stereocenters. The van der Waals surface area contributed by atoms with E-state index in [2.05, 4.69) is 54.2 Å². The first-order chi connectivity index (χ1) is 17.0. The average Bonchev–Trinajstić information content (AvgIpc) is 2.89. The van der Waals surface area contributed by atoms with Gasteiger partial charge in [0, 0.05) is 52.4 Å². The van der Waals surface area contributed by atoms with Crippen molar-refractivity contribution in [2.75, 3.05) is 99.4 Å². The highest BCUT2D eigenvalue weighted by Crippen LogP contribution is 2.39. The number of anilines is 6. The molecule has 0 radical (unpaired) electrons. The summed E-state index contributed by atoms with van der Waals surface area (Å²) in [7, 11) is 5.57. The largest absolute Gasteiger partial charge is 0.494 e. The zero-order chi connectivity index (χ0) is 24.8. The molecule has 0 aliphatic carbocycles. The highest BCUT2D eigenvalue weighted by molar-refractivity contribution is 6.02. The van der Waals surface area contributed by atoms with Crippen LogP contribution in [-0.4, -0.2) is 94.5 Å². The van der Waals surface area contributed by atoms with Crippen molar-refractivity contribution < 1.29 is 14.3 Å². The fraction of sp³-hybridized carbons (Fsp3) is 0.458. The highest BCUT2D eigenvalue weighted by atomic mass is 16.5. The van der Waals surface area contributed by atoms with E-state index < -0.39 is 0 Å². The van der Waals surface area contributed by atoms with Gasteiger partial charge in [-0.1, -0.05) is 6.58 Å². The molecule has 0 saturated carbocycles. The molecule has 2 aliphatic heterocycles. The van der Waals surface area contributed by atoms with Crippen molar-refractivity contribution in [1.29, 1.82) is 0 Å². The predicted molar refractivity (Wildman–Crippen MR) is 139 cm³/mol. The molecule has 2 saturated heterocycles. The number of nitrogens with zero attached hydrogens (tertiary/aromatic N) is 5. The number of amides is 1. The van der Waals surface area contributed by atoms with E-state index >= 15 is 0 Å². The number of likely N-dealkylation sites (N-methyl/N-ethyl adjacent to an activating group) is 1. The lowest BCUT2D eigenvalue weighted by Gasteiger charge is -2.35. The zero-order valence-electron chi connectivity index (χ0n) is 20.6. The Labute approximate surface area is 206 Å². The van der Waals surface area contributed by atoms with Crippen molar-refractivity contribution in [2.45, 2.75) is 0 Å². The quantitative estimate of drug-likeness (QED) is 0.484. The van der Waals surface area contributed by atoms with Gasteiger partial charge in [0.2, 0.25) is 11.9 Å². The summed E-state index contributed by atoms with van der Waals surface area (Å²) in [5, 5.41) is 9.37. The molecular formula is C24H34N8O3. The Kier molecular flexibility index (Phi) is 7.88. The molecule has 35 heavy (non-hydrogen) atoms. The number of carbonyl (C=O) groups is 1. The lowest BCUT2D eigenvalue weighted by Crippen LogP contribution is -2.44. The molecule has 0 bridgehead atoms. The summed E-state index contributed by atoms with van der Waals surface area (Å²) in [5.41, 5.74) is 3.14. The maximum absolute atomic E-state index is 12.2. The second-order valence-corrected chi connectivity index (χ2v) is 8.46. The molecule has 11 heteroatoms. The minimum atomic E-state index is -0.278. The van der Waals surface area contributed by atoms with Gasteiger partial charge in [-0.3, -0.25) is 4.79 Å². The van der Waals surface area contributed by atoms with E-state index in [-0.39, 0.29) is 5.91 Å². The maximum atomic E-state index is 12.2. The molecule has 1 aromatic carbocycles. The summed E-state index contributed by atoms with van der Waals surface area (Å²) < 4.78 is 11.2. The summed E-state index contributed by atoms with van der Waals surface area (Å²) in [6.07, 6.45) is 3.07. The molecular weight excluding hydrogens is 448 g/mol. The van der Waals surface area contributed by atoms with Crippen molar-refractivity contribution in [2.24, 2.45) is 0 Å². The van der Waals surface area contributed by atoms with Crippen molar-refractivity contribution in [3.63, 3.8) is 0 Å². The first-order valence-corrected chi connectivity index (χ1v) is 11.8. The van der Waals surface area contributed by atoms with Crippen LogP contribution in [0.5, 0.6) is 5.75 Å². The van der Waals surface area contributed by atoms with Crippen LogP contribution in [0.4, 0.5) is 34.5 Å². The number of hydrogen-bond donors (Lipinski definition) is 3. The van der Waals surface area contributed by atoms with Crippen LogP contribution in [-0.2, 0) is 9.53 Å². The third-order valence-corrected chi connectivity index (χ3v) is 6.21. The van der Waals surface area contributed by atoms with Gasteiger partial charge >= 0.3 is 0 Å². The molecule has 11 nitrogen and oxygen atoms in total. The van der Waals surface area contributed by atoms with Crippen LogP contribution in [0.1, 0.15) is 0 Å². The normalized spacial score (nSPS) is 16.5. The Bertz CT molecular complexity index is 1050. The van der Waals surface area contributed by atoms with Crippen LogP contribution >= 0.6 is 0 Å². The van der Waals surface area contributed by atoms with Gasteiger partial charge in [0.05, 0.1) is 49.3 Å². The first-order valence-electron chi connectivity index (χ1n) is 11.8. The lowest BCUT2D eigenvalue weighted by molar-refractivity contribution is -0.111. The number of carbonyl (C=O) groups excluding carboxylic acids is 1. The number of ether oxygens (including phenoxy) is 2. The van der Waals surface area contributed by atoms with Crippen LogP contribution in [0.15, 0.2) is 31.0 Å². The monoisotopic (exact) mass is 482 g/mol. The van der Waals surface area contributed by atoms with E-state index in [0.717, 1.165) is 56.5 Å². The highest BCUT2D eigenvalue weighted by Gasteiger charge is 2.22. The van der Waals surface area contributed by atoms with Crippen LogP contribution < -0.4 is 30.5 Å². The van der Waals surface area contributed by atoms with E-state index in [1.54, 1.807) is 13.3 Å². The molecule has 3 heterocycles. The fourth-order valence-corrected chi connectivity index (χ4v) is 4.20. The molecule has 0 unspecified atom stereocenters. The number of hydrogen-bond acceptors (Lipinski definition) is 10. The SMILES string of the molecule is C=CC(=O)Nc1cc(Nc2ncc(N3CCOCC3)c(NC)n2)c(OC)cc1N1CCN(C)CC1. The molecule has 2 aromatic rings. The summed E-state index contributed by atoms with van der Waals surface area (Å²) in [4.78, 5) is 28.2. The smallest absolute Gasteiger partial charge is 0.247 e. The average molecular weight is 483 g/mol. The van der Waals surface area contributed by atoms with Crippen molar-refractivity contribution >= 4 is 40.4 Å². The van der Waals surface area contributed by atoms with Crippen molar-refractivity contribution in [3.05, 3.63) is 31.0 Å². The van der Waals surface area contributed by atoms with E-state index in [1.807, 2.05) is 19.2 Å². The van der Waals surface area contributed by atoms with Gasteiger partial charge in [-0.15, -0.1) is 0 Å². The van der Waals surface area contributed by atoms with Gasteiger partial charge in [0.15, 0.2) is 5.82 Å². The third-order valence-electron chi connectivity index (χ3n) is 6.21. The number of rotatable bonds is 8. The first kappa shape index (κ1) is 24.6. The summed E-state index contributed by atoms with van der Waals surface area (Å²) >= 11 is 0. The summed E-state index contributed by atoms with van der Waals surface area (Å²) in [6, 6.07) is 3.79. The van der Waals surface area contributed by atoms with E-state index in [0.29, 0.717) is 36.3 Å². The Morgan fingerprint density at radius 2 is 1.80 bits per heavy atom. The molecule has 0 spiro atoms. The standard InChI is InChI=1S/C24H34N8O3/c1-5-22(33)27-17-14-18(21(34-4)15-19(17)31-8-6-30(3)7-9-31)28-24-26-16-20(23(25-2)29-24)32-10-12-35-13-11-32/h5,14-16H,1,6-13H2,2-4H3,(H,27,33)(H2,25,26,28,29). The number of morpholine rings is 1. The maximum Gasteiger partial charge on any atom is 0.247 e. The minimum absolute atomic E-state index is 0.278. The molecule has 4 rings (SSSR count). The van der Waals surface area contributed by atoms with Crippen LogP contribution in [0.3, 0.4) is 0 Å². The molecule has 188 valence electrons. The van der Waals surface area contributed by atoms with Crippen LogP contribution in [0, 0.1) is 0 Å². The Balaban J connectivity index is 1.65. The third kappa shape index (κ3) is 5.75. The Hall–Kier alpha value is -3.57. The fourth-order valence-electron chi connectivity index (χ4n) is 4.20. The van der Waals surface area contributed by atoms with E-state index in [9.17, 15) is 4.79 Å².